The van der Waals surface area contributed by atoms with Gasteiger partial charge in [-0.05, 0) is 17.7 Å². The molecule has 0 radical (unpaired) electrons. The minimum absolute atomic E-state index is 0.0330. The van der Waals surface area contributed by atoms with E-state index in [1.165, 1.54) is 19.3 Å². The summed E-state index contributed by atoms with van der Waals surface area (Å²) in [5.41, 5.74) is 0.236. The highest BCUT2D eigenvalue weighted by molar-refractivity contribution is 6.40. The van der Waals surface area contributed by atoms with Crippen LogP contribution in [-0.2, 0) is 0 Å². The van der Waals surface area contributed by atoms with E-state index in [-0.39, 0.29) is 21.6 Å². The molecule has 0 spiro atoms. The summed E-state index contributed by atoms with van der Waals surface area (Å²) < 4.78 is 0.592. The Morgan fingerprint density at radius 2 is 2.23 bits per heavy atom. The van der Waals surface area contributed by atoms with Crippen molar-refractivity contribution in [3.05, 3.63) is 28.0 Å². The molecule has 1 aromatic heterocycles. The summed E-state index contributed by atoms with van der Waals surface area (Å²) in [4.78, 5) is 11.1. The molecule has 0 aromatic carbocycles. The van der Waals surface area contributed by atoms with E-state index in [1.54, 1.807) is 0 Å². The number of aromatic nitrogens is 1. The van der Waals surface area contributed by atoms with Gasteiger partial charge in [-0.15, -0.1) is 0 Å². The Bertz CT molecular complexity index is 331. The van der Waals surface area contributed by atoms with Crippen molar-refractivity contribution in [2.24, 2.45) is 0 Å². The zero-order valence-electron chi connectivity index (χ0n) is 6.71. The van der Waals surface area contributed by atoms with Gasteiger partial charge in [-0.25, -0.2) is 0 Å². The number of rotatable bonds is 1. The van der Waals surface area contributed by atoms with E-state index in [0.29, 0.717) is 4.73 Å². The van der Waals surface area contributed by atoms with Gasteiger partial charge in [0.25, 0.3) is 5.91 Å². The third-order valence-corrected chi connectivity index (χ3v) is 2.19. The molecule has 0 saturated heterocycles. The maximum atomic E-state index is 11.1. The quantitative estimate of drug-likeness (QED) is 0.421. The molecule has 4 nitrogen and oxygen atoms in total. The van der Waals surface area contributed by atoms with Gasteiger partial charge in [-0.2, -0.15) is 0 Å². The van der Waals surface area contributed by atoms with Gasteiger partial charge in [-0.1, -0.05) is 11.6 Å². The van der Waals surface area contributed by atoms with Crippen LogP contribution in [0.15, 0.2) is 12.3 Å². The summed E-state index contributed by atoms with van der Waals surface area (Å²) >= 11 is 11.2. The second-order valence-electron chi connectivity index (χ2n) is 2.29. The van der Waals surface area contributed by atoms with Crippen LogP contribution in [0.25, 0.3) is 0 Å². The van der Waals surface area contributed by atoms with Crippen molar-refractivity contribution in [1.82, 2.24) is 5.32 Å². The highest BCUT2D eigenvalue weighted by Crippen LogP contribution is 2.17. The van der Waals surface area contributed by atoms with E-state index >= 15 is 0 Å². The zero-order chi connectivity index (χ0) is 10.0. The molecule has 1 rings (SSSR count). The second kappa shape index (κ2) is 3.81. The zero-order valence-corrected chi connectivity index (χ0v) is 8.23. The molecule has 0 bridgehead atoms. The number of nitrogens with zero attached hydrogens (tertiary/aromatic N) is 1. The van der Waals surface area contributed by atoms with Gasteiger partial charge in [0.1, 0.15) is 10.6 Å². The van der Waals surface area contributed by atoms with Crippen LogP contribution in [0.5, 0.6) is 0 Å². The van der Waals surface area contributed by atoms with Crippen molar-refractivity contribution in [3.8, 4) is 0 Å². The van der Waals surface area contributed by atoms with Gasteiger partial charge in [0, 0.05) is 11.8 Å². The van der Waals surface area contributed by atoms with Crippen molar-refractivity contribution in [2.45, 2.75) is 0 Å². The average Bonchev–Trinajstić information content (AvgIpc) is 2.12. The Hall–Kier alpha value is -1.00. The standard InChI is InChI=1S/C7H6Cl2N2O2/c1-10-7(12)4-2-5(8)6(9)11(13)3-4/h2-3H,1H3,(H-,10,12,13)/p+1. The summed E-state index contributed by atoms with van der Waals surface area (Å²) in [7, 11) is 1.48. The SMILES string of the molecule is CNC(=O)c1cc(Cl)c(Cl)[n+](O)c1. The maximum Gasteiger partial charge on any atom is 0.343 e. The van der Waals surface area contributed by atoms with Crippen LogP contribution in [0.3, 0.4) is 0 Å². The molecule has 0 unspecified atom stereocenters. The van der Waals surface area contributed by atoms with Gasteiger partial charge < -0.3 is 5.32 Å². The van der Waals surface area contributed by atoms with E-state index in [0.717, 1.165) is 0 Å². The lowest BCUT2D eigenvalue weighted by Crippen LogP contribution is -2.33. The molecular formula is C7H7Cl2N2O2+. The van der Waals surface area contributed by atoms with Crippen LogP contribution >= 0.6 is 23.2 Å². The second-order valence-corrected chi connectivity index (χ2v) is 3.06. The Kier molecular flexibility index (Phi) is 2.95. The van der Waals surface area contributed by atoms with Gasteiger partial charge >= 0.3 is 5.15 Å². The Morgan fingerprint density at radius 1 is 1.62 bits per heavy atom. The maximum absolute atomic E-state index is 11.1. The normalized spacial score (nSPS) is 9.77. The largest absolute Gasteiger partial charge is 0.355 e. The first-order valence-electron chi connectivity index (χ1n) is 3.38. The van der Waals surface area contributed by atoms with Crippen molar-refractivity contribution < 1.29 is 14.7 Å². The highest BCUT2D eigenvalue weighted by Gasteiger charge is 2.18. The number of carbonyl (C=O) groups excluding carboxylic acids is 1. The van der Waals surface area contributed by atoms with Gasteiger partial charge in [0.15, 0.2) is 0 Å². The molecule has 0 aliphatic heterocycles. The van der Waals surface area contributed by atoms with Crippen LogP contribution < -0.4 is 10.0 Å². The first-order chi connectivity index (χ1) is 6.06. The number of halogens is 2. The number of hydrogen-bond acceptors (Lipinski definition) is 2. The first kappa shape index (κ1) is 10.1. The number of nitrogens with one attached hydrogen (secondary N) is 1. The predicted molar refractivity (Wildman–Crippen MR) is 47.2 cm³/mol. The third kappa shape index (κ3) is 2.02. The van der Waals surface area contributed by atoms with Crippen molar-refractivity contribution >= 4 is 29.1 Å². The summed E-state index contributed by atoms with van der Waals surface area (Å²) in [6.07, 6.45) is 1.17. The van der Waals surface area contributed by atoms with Crippen LogP contribution in [0, 0.1) is 0 Å². The van der Waals surface area contributed by atoms with Crippen LogP contribution in [-0.4, -0.2) is 18.2 Å². The summed E-state index contributed by atoms with van der Waals surface area (Å²) in [6, 6.07) is 1.37. The molecule has 0 atom stereocenters. The molecule has 0 fully saturated rings. The van der Waals surface area contributed by atoms with E-state index < -0.39 is 0 Å². The van der Waals surface area contributed by atoms with Crippen LogP contribution in [0.2, 0.25) is 10.2 Å². The number of pyridine rings is 1. The number of hydrogen-bond donors (Lipinski definition) is 2. The van der Waals surface area contributed by atoms with Crippen LogP contribution in [0.1, 0.15) is 10.4 Å². The molecule has 70 valence electrons. The number of amides is 1. The molecular weight excluding hydrogens is 215 g/mol. The van der Waals surface area contributed by atoms with Crippen LogP contribution in [0.4, 0.5) is 0 Å². The molecule has 1 aromatic rings. The first-order valence-corrected chi connectivity index (χ1v) is 4.14. The predicted octanol–water partition coefficient (Wildman–Crippen LogP) is 0.878. The molecule has 0 saturated carbocycles. The molecule has 6 heteroatoms. The van der Waals surface area contributed by atoms with Crippen molar-refractivity contribution in [2.75, 3.05) is 7.05 Å². The van der Waals surface area contributed by atoms with Crippen molar-refractivity contribution in [3.63, 3.8) is 0 Å². The average molecular weight is 222 g/mol. The van der Waals surface area contributed by atoms with Gasteiger partial charge in [0.2, 0.25) is 6.20 Å². The highest BCUT2D eigenvalue weighted by atomic mass is 35.5. The molecule has 1 amide bonds. The van der Waals surface area contributed by atoms with Gasteiger partial charge in [0.05, 0.1) is 0 Å². The topological polar surface area (TPSA) is 53.2 Å². The lowest BCUT2D eigenvalue weighted by Gasteiger charge is -1.97. The molecule has 2 N–H and O–H groups in total. The summed E-state index contributed by atoms with van der Waals surface area (Å²) in [5.74, 6) is -0.346. The fraction of sp³-hybridized carbons (Fsp3) is 0.143. The lowest BCUT2D eigenvalue weighted by atomic mass is 10.3. The summed E-state index contributed by atoms with van der Waals surface area (Å²) in [6.45, 7) is 0. The minimum Gasteiger partial charge on any atom is -0.355 e. The Labute approximate surface area is 84.7 Å². The third-order valence-electron chi connectivity index (χ3n) is 1.43. The molecule has 0 aliphatic rings. The van der Waals surface area contributed by atoms with E-state index in [1.807, 2.05) is 0 Å². The van der Waals surface area contributed by atoms with E-state index in [2.05, 4.69) is 5.32 Å². The fourth-order valence-electron chi connectivity index (χ4n) is 0.800. The Balaban J connectivity index is 3.20. The van der Waals surface area contributed by atoms with Crippen molar-refractivity contribution in [1.29, 1.82) is 0 Å². The summed E-state index contributed by atoms with van der Waals surface area (Å²) in [5, 5.41) is 11.6. The Morgan fingerprint density at radius 3 is 2.69 bits per heavy atom. The number of carbonyl (C=O) groups is 1. The van der Waals surface area contributed by atoms with E-state index in [9.17, 15) is 4.79 Å². The monoisotopic (exact) mass is 221 g/mol. The van der Waals surface area contributed by atoms with E-state index in [4.69, 9.17) is 28.4 Å². The molecule has 1 heterocycles. The smallest absolute Gasteiger partial charge is 0.343 e. The molecule has 0 aliphatic carbocycles. The van der Waals surface area contributed by atoms with Gasteiger partial charge in [-0.3, -0.25) is 10.0 Å². The minimum atomic E-state index is -0.346. The fourth-order valence-corrected chi connectivity index (χ4v) is 1.11. The molecule has 13 heavy (non-hydrogen) atoms. The lowest BCUT2D eigenvalue weighted by molar-refractivity contribution is -0.903.